The number of nitrogens with zero attached hydrogens (tertiary/aromatic N) is 2. The van der Waals surface area contributed by atoms with Gasteiger partial charge in [0, 0.05) is 31.8 Å². The fourth-order valence-corrected chi connectivity index (χ4v) is 2.16. The quantitative estimate of drug-likeness (QED) is 0.876. The van der Waals surface area contributed by atoms with E-state index in [4.69, 9.17) is 10.2 Å². The molecule has 2 N–H and O–H groups in total. The standard InChI is InChI=1S/C13H17N3O/c1-16-12(4-5-15-16)13-10(8-14)7-11(17-13)6-9-2-3-9/h4-5,7,9H,2-3,6,8,14H2,1H3. The maximum absolute atomic E-state index is 5.94. The van der Waals surface area contributed by atoms with Crippen LogP contribution in [0.3, 0.4) is 0 Å². The third kappa shape index (κ3) is 2.00. The van der Waals surface area contributed by atoms with Crippen molar-refractivity contribution in [1.82, 2.24) is 9.78 Å². The van der Waals surface area contributed by atoms with Crippen LogP contribution in [-0.4, -0.2) is 9.78 Å². The van der Waals surface area contributed by atoms with E-state index in [-0.39, 0.29) is 0 Å². The summed E-state index contributed by atoms with van der Waals surface area (Å²) in [5.41, 5.74) is 7.84. The van der Waals surface area contributed by atoms with Gasteiger partial charge in [0.2, 0.25) is 0 Å². The van der Waals surface area contributed by atoms with Gasteiger partial charge >= 0.3 is 0 Å². The lowest BCUT2D eigenvalue weighted by Crippen LogP contribution is -1.99. The Morgan fingerprint density at radius 3 is 2.94 bits per heavy atom. The number of hydrogen-bond acceptors (Lipinski definition) is 3. The van der Waals surface area contributed by atoms with E-state index < -0.39 is 0 Å². The van der Waals surface area contributed by atoms with E-state index in [0.29, 0.717) is 6.54 Å². The van der Waals surface area contributed by atoms with Gasteiger partial charge in [-0.05, 0) is 30.9 Å². The van der Waals surface area contributed by atoms with Gasteiger partial charge in [-0.2, -0.15) is 5.10 Å². The summed E-state index contributed by atoms with van der Waals surface area (Å²) in [6.45, 7) is 0.509. The molecule has 0 unspecified atom stereocenters. The van der Waals surface area contributed by atoms with Crippen molar-refractivity contribution in [2.45, 2.75) is 25.8 Å². The highest BCUT2D eigenvalue weighted by Crippen LogP contribution is 2.35. The van der Waals surface area contributed by atoms with E-state index in [2.05, 4.69) is 11.2 Å². The van der Waals surface area contributed by atoms with Gasteiger partial charge in [0.25, 0.3) is 0 Å². The third-order valence-corrected chi connectivity index (χ3v) is 3.32. The Bertz CT molecular complexity index is 523. The van der Waals surface area contributed by atoms with E-state index in [0.717, 1.165) is 35.1 Å². The second kappa shape index (κ2) is 4.04. The minimum absolute atomic E-state index is 0.509. The van der Waals surface area contributed by atoms with E-state index >= 15 is 0 Å². The van der Waals surface area contributed by atoms with Gasteiger partial charge in [-0.1, -0.05) is 0 Å². The Balaban J connectivity index is 1.96. The Hall–Kier alpha value is -1.55. The monoisotopic (exact) mass is 231 g/mol. The molecule has 0 radical (unpaired) electrons. The smallest absolute Gasteiger partial charge is 0.156 e. The lowest BCUT2D eigenvalue weighted by Gasteiger charge is -2.00. The number of nitrogens with two attached hydrogens (primary N) is 1. The minimum Gasteiger partial charge on any atom is -0.459 e. The molecule has 4 nitrogen and oxygen atoms in total. The summed E-state index contributed by atoms with van der Waals surface area (Å²) in [5.74, 6) is 2.76. The summed E-state index contributed by atoms with van der Waals surface area (Å²) in [5, 5.41) is 4.17. The van der Waals surface area contributed by atoms with Crippen LogP contribution in [0.4, 0.5) is 0 Å². The first kappa shape index (κ1) is 10.6. The molecule has 1 aliphatic rings. The average Bonchev–Trinajstić information content (AvgIpc) is 2.87. The van der Waals surface area contributed by atoms with Crippen molar-refractivity contribution in [2.75, 3.05) is 0 Å². The third-order valence-electron chi connectivity index (χ3n) is 3.32. The highest BCUT2D eigenvalue weighted by molar-refractivity contribution is 5.57. The van der Waals surface area contributed by atoms with Crippen LogP contribution in [0.2, 0.25) is 0 Å². The number of aromatic nitrogens is 2. The van der Waals surface area contributed by atoms with Crippen molar-refractivity contribution in [3.63, 3.8) is 0 Å². The fraction of sp³-hybridized carbons (Fsp3) is 0.462. The van der Waals surface area contributed by atoms with Crippen LogP contribution in [0, 0.1) is 5.92 Å². The van der Waals surface area contributed by atoms with Crippen LogP contribution in [0.15, 0.2) is 22.7 Å². The summed E-state index contributed by atoms with van der Waals surface area (Å²) < 4.78 is 7.76. The van der Waals surface area contributed by atoms with Crippen LogP contribution in [0.1, 0.15) is 24.2 Å². The molecule has 1 fully saturated rings. The van der Waals surface area contributed by atoms with Crippen LogP contribution in [0.5, 0.6) is 0 Å². The van der Waals surface area contributed by atoms with Gasteiger partial charge < -0.3 is 10.2 Å². The van der Waals surface area contributed by atoms with Crippen LogP contribution in [-0.2, 0) is 20.0 Å². The normalized spacial score (nSPS) is 15.4. The van der Waals surface area contributed by atoms with Gasteiger partial charge in [0.1, 0.15) is 11.5 Å². The van der Waals surface area contributed by atoms with Crippen molar-refractivity contribution in [3.05, 3.63) is 29.7 Å². The molecule has 2 aromatic heterocycles. The molecular formula is C13H17N3O. The van der Waals surface area contributed by atoms with Crippen molar-refractivity contribution >= 4 is 0 Å². The van der Waals surface area contributed by atoms with Crippen LogP contribution >= 0.6 is 0 Å². The first-order chi connectivity index (χ1) is 8.28. The minimum atomic E-state index is 0.509. The molecule has 4 heteroatoms. The predicted octanol–water partition coefficient (Wildman–Crippen LogP) is 2.09. The van der Waals surface area contributed by atoms with Gasteiger partial charge in [0.15, 0.2) is 5.76 Å². The summed E-state index contributed by atoms with van der Waals surface area (Å²) in [6, 6.07) is 4.06. The maximum atomic E-state index is 5.94. The number of furan rings is 1. The topological polar surface area (TPSA) is 57.0 Å². The molecule has 1 aliphatic carbocycles. The molecule has 0 bridgehead atoms. The molecule has 0 amide bonds. The molecule has 0 saturated heterocycles. The molecule has 17 heavy (non-hydrogen) atoms. The largest absolute Gasteiger partial charge is 0.459 e. The van der Waals surface area contributed by atoms with E-state index in [1.807, 2.05) is 17.8 Å². The molecule has 2 heterocycles. The molecule has 2 aromatic rings. The van der Waals surface area contributed by atoms with Crippen molar-refractivity contribution in [3.8, 4) is 11.5 Å². The lowest BCUT2D eigenvalue weighted by molar-refractivity contribution is 0.503. The van der Waals surface area contributed by atoms with Crippen LogP contribution < -0.4 is 5.73 Å². The highest BCUT2D eigenvalue weighted by atomic mass is 16.3. The van der Waals surface area contributed by atoms with Gasteiger partial charge in [-0.3, -0.25) is 4.68 Å². The maximum Gasteiger partial charge on any atom is 0.156 e. The summed E-state index contributed by atoms with van der Waals surface area (Å²) >= 11 is 0. The highest BCUT2D eigenvalue weighted by Gasteiger charge is 2.24. The van der Waals surface area contributed by atoms with Crippen LogP contribution in [0.25, 0.3) is 11.5 Å². The second-order valence-electron chi connectivity index (χ2n) is 4.76. The number of aryl methyl sites for hydroxylation is 1. The Labute approximate surface area is 100 Å². The van der Waals surface area contributed by atoms with E-state index in [1.165, 1.54) is 12.8 Å². The van der Waals surface area contributed by atoms with Crippen molar-refractivity contribution in [2.24, 2.45) is 18.7 Å². The zero-order chi connectivity index (χ0) is 11.8. The number of rotatable bonds is 4. The lowest BCUT2D eigenvalue weighted by atomic mass is 10.1. The second-order valence-corrected chi connectivity index (χ2v) is 4.76. The molecular weight excluding hydrogens is 214 g/mol. The predicted molar refractivity (Wildman–Crippen MR) is 65.2 cm³/mol. The zero-order valence-electron chi connectivity index (χ0n) is 10.0. The number of hydrogen-bond donors (Lipinski definition) is 1. The zero-order valence-corrected chi connectivity index (χ0v) is 10.0. The molecule has 0 aliphatic heterocycles. The van der Waals surface area contributed by atoms with Gasteiger partial charge in [-0.15, -0.1) is 0 Å². The Kier molecular flexibility index (Phi) is 2.52. The first-order valence-electron chi connectivity index (χ1n) is 6.08. The first-order valence-corrected chi connectivity index (χ1v) is 6.08. The molecule has 3 rings (SSSR count). The van der Waals surface area contributed by atoms with Gasteiger partial charge in [0.05, 0.1) is 0 Å². The Morgan fingerprint density at radius 1 is 1.53 bits per heavy atom. The van der Waals surface area contributed by atoms with Crippen molar-refractivity contribution in [1.29, 1.82) is 0 Å². The Morgan fingerprint density at radius 2 is 2.35 bits per heavy atom. The molecule has 0 atom stereocenters. The average molecular weight is 231 g/mol. The molecule has 0 spiro atoms. The fourth-order valence-electron chi connectivity index (χ4n) is 2.16. The molecule has 0 aromatic carbocycles. The van der Waals surface area contributed by atoms with E-state index in [9.17, 15) is 0 Å². The summed E-state index contributed by atoms with van der Waals surface area (Å²) in [6.07, 6.45) is 5.49. The summed E-state index contributed by atoms with van der Waals surface area (Å²) in [4.78, 5) is 0. The summed E-state index contributed by atoms with van der Waals surface area (Å²) in [7, 11) is 1.92. The SMILES string of the molecule is Cn1nccc1-c1oc(CC2CC2)cc1CN. The van der Waals surface area contributed by atoms with Crippen molar-refractivity contribution < 1.29 is 4.42 Å². The molecule has 1 saturated carbocycles. The van der Waals surface area contributed by atoms with E-state index in [1.54, 1.807) is 6.20 Å². The van der Waals surface area contributed by atoms with Gasteiger partial charge in [-0.25, -0.2) is 0 Å². The molecule has 90 valence electrons.